The van der Waals surface area contributed by atoms with E-state index in [1.54, 1.807) is 4.68 Å². The summed E-state index contributed by atoms with van der Waals surface area (Å²) in [7, 11) is 0. The predicted octanol–water partition coefficient (Wildman–Crippen LogP) is 0.854. The fraction of sp³-hybridized carbons (Fsp3) is 0.529. The predicted molar refractivity (Wildman–Crippen MR) is 87.9 cm³/mol. The Morgan fingerprint density at radius 3 is 2.71 bits per heavy atom. The third-order valence-electron chi connectivity index (χ3n) is 4.92. The van der Waals surface area contributed by atoms with E-state index >= 15 is 0 Å². The Bertz CT molecular complexity index is 721. The molecule has 0 aliphatic carbocycles. The molecule has 24 heavy (non-hydrogen) atoms. The average molecular weight is 326 g/mol. The second kappa shape index (κ2) is 6.68. The van der Waals surface area contributed by atoms with Gasteiger partial charge in [-0.05, 0) is 40.8 Å². The summed E-state index contributed by atoms with van der Waals surface area (Å²) in [5.41, 5.74) is 2.80. The summed E-state index contributed by atoms with van der Waals surface area (Å²) < 4.78 is 1.65. The molecule has 1 amide bonds. The zero-order valence-electron chi connectivity index (χ0n) is 13.8. The maximum Gasteiger partial charge on any atom is 0.244 e. The van der Waals surface area contributed by atoms with E-state index in [4.69, 9.17) is 0 Å². The lowest BCUT2D eigenvalue weighted by Crippen LogP contribution is -2.34. The molecule has 2 aromatic rings. The lowest BCUT2D eigenvalue weighted by Gasteiger charge is -2.28. The first kappa shape index (κ1) is 15.3. The number of carbonyl (C=O) groups excluding carboxylic acids is 1. The first-order valence-electron chi connectivity index (χ1n) is 8.61. The summed E-state index contributed by atoms with van der Waals surface area (Å²) >= 11 is 0. The van der Waals surface area contributed by atoms with E-state index < -0.39 is 0 Å². The summed E-state index contributed by atoms with van der Waals surface area (Å²) in [6, 6.07) is 8.56. The second-order valence-electron chi connectivity index (χ2n) is 6.57. The molecule has 7 heteroatoms. The number of benzene rings is 1. The highest BCUT2D eigenvalue weighted by atomic mass is 16.2. The van der Waals surface area contributed by atoms with Crippen LogP contribution in [-0.2, 0) is 30.8 Å². The van der Waals surface area contributed by atoms with Crippen LogP contribution in [0.3, 0.4) is 0 Å². The van der Waals surface area contributed by atoms with E-state index in [-0.39, 0.29) is 12.5 Å². The number of tetrazole rings is 1. The van der Waals surface area contributed by atoms with Crippen molar-refractivity contribution in [1.29, 1.82) is 0 Å². The van der Waals surface area contributed by atoms with Crippen molar-refractivity contribution in [3.05, 3.63) is 41.2 Å². The van der Waals surface area contributed by atoms with Gasteiger partial charge in [0.1, 0.15) is 6.54 Å². The molecule has 0 radical (unpaired) electrons. The van der Waals surface area contributed by atoms with E-state index in [9.17, 15) is 4.79 Å². The molecule has 4 rings (SSSR count). The van der Waals surface area contributed by atoms with Crippen LogP contribution in [0.15, 0.2) is 24.3 Å². The van der Waals surface area contributed by atoms with Crippen LogP contribution in [0.25, 0.3) is 0 Å². The van der Waals surface area contributed by atoms with Crippen LogP contribution in [0.2, 0.25) is 0 Å². The molecule has 7 nitrogen and oxygen atoms in total. The number of aromatic nitrogens is 4. The van der Waals surface area contributed by atoms with E-state index in [1.165, 1.54) is 11.1 Å². The molecule has 0 bridgehead atoms. The average Bonchev–Trinajstić information content (AvgIpc) is 3.27. The standard InChI is InChI=1S/C17H22N6O/c24-17(22-8-3-4-9-22)13-23-16(18-19-20-23)12-21-10-7-14-5-1-2-6-15(14)11-21/h1-2,5-6H,3-4,7-13H2. The van der Waals surface area contributed by atoms with Crippen LogP contribution in [-0.4, -0.2) is 55.5 Å². The monoisotopic (exact) mass is 326 g/mol. The van der Waals surface area contributed by atoms with Gasteiger partial charge in [-0.15, -0.1) is 5.10 Å². The summed E-state index contributed by atoms with van der Waals surface area (Å²) in [6.07, 6.45) is 3.24. The van der Waals surface area contributed by atoms with E-state index in [2.05, 4.69) is 44.7 Å². The minimum absolute atomic E-state index is 0.116. The summed E-state index contributed by atoms with van der Waals surface area (Å²) in [5, 5.41) is 11.9. The van der Waals surface area contributed by atoms with Gasteiger partial charge >= 0.3 is 0 Å². The number of rotatable bonds is 4. The van der Waals surface area contributed by atoms with Crippen LogP contribution in [0, 0.1) is 0 Å². The molecule has 0 spiro atoms. The third-order valence-corrected chi connectivity index (χ3v) is 4.92. The van der Waals surface area contributed by atoms with Gasteiger partial charge in [-0.1, -0.05) is 24.3 Å². The fourth-order valence-electron chi connectivity index (χ4n) is 3.54. The minimum Gasteiger partial charge on any atom is -0.341 e. The molecular weight excluding hydrogens is 304 g/mol. The largest absolute Gasteiger partial charge is 0.341 e. The van der Waals surface area contributed by atoms with E-state index in [0.717, 1.165) is 51.3 Å². The highest BCUT2D eigenvalue weighted by Gasteiger charge is 2.22. The minimum atomic E-state index is 0.116. The Morgan fingerprint density at radius 2 is 1.88 bits per heavy atom. The quantitative estimate of drug-likeness (QED) is 0.833. The summed E-state index contributed by atoms with van der Waals surface area (Å²) in [5.74, 6) is 0.881. The van der Waals surface area contributed by atoms with E-state index in [1.807, 2.05) is 4.90 Å². The van der Waals surface area contributed by atoms with Crippen molar-refractivity contribution in [3.8, 4) is 0 Å². The number of nitrogens with zero attached hydrogens (tertiary/aromatic N) is 6. The topological polar surface area (TPSA) is 67.2 Å². The Labute approximate surface area is 141 Å². The Kier molecular flexibility index (Phi) is 4.25. The number of carbonyl (C=O) groups is 1. The van der Waals surface area contributed by atoms with Crippen molar-refractivity contribution >= 4 is 5.91 Å². The molecule has 0 atom stereocenters. The van der Waals surface area contributed by atoms with Crippen LogP contribution in [0.1, 0.15) is 29.8 Å². The molecule has 2 aliphatic heterocycles. The van der Waals surface area contributed by atoms with Crippen molar-refractivity contribution < 1.29 is 4.79 Å². The van der Waals surface area contributed by atoms with Crippen molar-refractivity contribution in [1.82, 2.24) is 30.0 Å². The first-order valence-corrected chi connectivity index (χ1v) is 8.61. The molecular formula is C17H22N6O. The zero-order valence-corrected chi connectivity index (χ0v) is 13.8. The molecule has 1 aromatic carbocycles. The van der Waals surface area contributed by atoms with Gasteiger partial charge in [0.05, 0.1) is 6.54 Å². The maximum absolute atomic E-state index is 12.3. The molecule has 126 valence electrons. The molecule has 1 aromatic heterocycles. The van der Waals surface area contributed by atoms with Gasteiger partial charge in [0.2, 0.25) is 5.91 Å². The van der Waals surface area contributed by atoms with Crippen LogP contribution in [0.5, 0.6) is 0 Å². The van der Waals surface area contributed by atoms with Crippen LogP contribution >= 0.6 is 0 Å². The van der Waals surface area contributed by atoms with Gasteiger partial charge in [-0.2, -0.15) is 0 Å². The molecule has 1 saturated heterocycles. The Morgan fingerprint density at radius 1 is 1.08 bits per heavy atom. The number of likely N-dealkylation sites (tertiary alicyclic amines) is 1. The van der Waals surface area contributed by atoms with Crippen molar-refractivity contribution in [2.75, 3.05) is 19.6 Å². The molecule has 3 heterocycles. The first-order chi connectivity index (χ1) is 11.8. The summed E-state index contributed by atoms with van der Waals surface area (Å²) in [4.78, 5) is 16.6. The lowest BCUT2D eigenvalue weighted by molar-refractivity contribution is -0.131. The normalized spacial score (nSPS) is 17.9. The summed E-state index contributed by atoms with van der Waals surface area (Å²) in [6.45, 7) is 4.53. The Hall–Kier alpha value is -2.28. The number of fused-ring (bicyclic) bond motifs is 1. The maximum atomic E-state index is 12.3. The number of hydrogen-bond donors (Lipinski definition) is 0. The number of hydrogen-bond acceptors (Lipinski definition) is 5. The number of amides is 1. The SMILES string of the molecule is O=C(Cn1nnnc1CN1CCc2ccccc2C1)N1CCCC1. The van der Waals surface area contributed by atoms with Gasteiger partial charge in [0.25, 0.3) is 0 Å². The fourth-order valence-corrected chi connectivity index (χ4v) is 3.54. The third kappa shape index (κ3) is 3.17. The second-order valence-corrected chi connectivity index (χ2v) is 6.57. The van der Waals surface area contributed by atoms with E-state index in [0.29, 0.717) is 6.54 Å². The van der Waals surface area contributed by atoms with Gasteiger partial charge < -0.3 is 4.90 Å². The highest BCUT2D eigenvalue weighted by Crippen LogP contribution is 2.19. The molecule has 1 fully saturated rings. The van der Waals surface area contributed by atoms with Crippen LogP contribution in [0.4, 0.5) is 0 Å². The van der Waals surface area contributed by atoms with Gasteiger partial charge in [0.15, 0.2) is 5.82 Å². The molecule has 2 aliphatic rings. The van der Waals surface area contributed by atoms with Crippen molar-refractivity contribution in [2.24, 2.45) is 0 Å². The smallest absolute Gasteiger partial charge is 0.244 e. The van der Waals surface area contributed by atoms with Crippen LogP contribution < -0.4 is 0 Å². The van der Waals surface area contributed by atoms with Gasteiger partial charge in [-0.25, -0.2) is 4.68 Å². The molecule has 0 N–H and O–H groups in total. The Balaban J connectivity index is 1.41. The van der Waals surface area contributed by atoms with Gasteiger partial charge in [0, 0.05) is 26.2 Å². The highest BCUT2D eigenvalue weighted by molar-refractivity contribution is 5.76. The lowest BCUT2D eigenvalue weighted by atomic mass is 10.00. The van der Waals surface area contributed by atoms with Crippen molar-refractivity contribution in [3.63, 3.8) is 0 Å². The van der Waals surface area contributed by atoms with Gasteiger partial charge in [-0.3, -0.25) is 9.69 Å². The molecule has 0 unspecified atom stereocenters. The molecule has 0 saturated carbocycles. The van der Waals surface area contributed by atoms with Crippen molar-refractivity contribution in [2.45, 2.75) is 38.9 Å². The zero-order chi connectivity index (χ0) is 16.4.